The summed E-state index contributed by atoms with van der Waals surface area (Å²) in [5.74, 6) is -1.17. The van der Waals surface area contributed by atoms with Gasteiger partial charge in [-0.3, -0.25) is 9.59 Å². The van der Waals surface area contributed by atoms with Crippen LogP contribution in [0, 0.1) is 0 Å². The van der Waals surface area contributed by atoms with E-state index < -0.39 is 11.8 Å². The first-order valence-corrected chi connectivity index (χ1v) is 7.15. The first kappa shape index (κ1) is 14.0. The van der Waals surface area contributed by atoms with Gasteiger partial charge in [0.05, 0.1) is 6.61 Å². The first-order valence-electron chi connectivity index (χ1n) is 6.27. The highest BCUT2D eigenvalue weighted by atomic mass is 32.1. The topological polar surface area (TPSA) is 67.4 Å². The van der Waals surface area contributed by atoms with E-state index in [9.17, 15) is 9.59 Å². The summed E-state index contributed by atoms with van der Waals surface area (Å²) < 4.78 is 4.80. The molecule has 1 heterocycles. The van der Waals surface area contributed by atoms with Crippen LogP contribution in [0.1, 0.15) is 17.7 Å². The quantitative estimate of drug-likeness (QED) is 0.595. The molecule has 1 fully saturated rings. The fourth-order valence-electron chi connectivity index (χ4n) is 1.92. The van der Waals surface area contributed by atoms with Crippen molar-refractivity contribution in [2.75, 3.05) is 26.8 Å². The molecular formula is C13H18N2O3S. The summed E-state index contributed by atoms with van der Waals surface area (Å²) in [6.45, 7) is 1.28. The first-order chi connectivity index (χ1) is 9.18. The van der Waals surface area contributed by atoms with E-state index in [1.807, 2.05) is 11.4 Å². The molecule has 19 heavy (non-hydrogen) atoms. The van der Waals surface area contributed by atoms with E-state index in [1.165, 1.54) is 4.88 Å². The predicted octanol–water partition coefficient (Wildman–Crippen LogP) is 0.659. The molecule has 1 saturated carbocycles. The van der Waals surface area contributed by atoms with Crippen molar-refractivity contribution in [1.82, 2.24) is 10.6 Å². The van der Waals surface area contributed by atoms with Crippen LogP contribution in [-0.2, 0) is 19.7 Å². The summed E-state index contributed by atoms with van der Waals surface area (Å²) in [5, 5.41) is 7.25. The Morgan fingerprint density at radius 2 is 2.11 bits per heavy atom. The fraction of sp³-hybridized carbons (Fsp3) is 0.538. The number of carbonyl (C=O) groups excluding carboxylic acids is 2. The van der Waals surface area contributed by atoms with Crippen LogP contribution in [0.4, 0.5) is 0 Å². The van der Waals surface area contributed by atoms with Crippen molar-refractivity contribution >= 4 is 23.2 Å². The van der Waals surface area contributed by atoms with E-state index in [2.05, 4.69) is 16.7 Å². The molecule has 0 aliphatic heterocycles. The summed E-state index contributed by atoms with van der Waals surface area (Å²) in [6.07, 6.45) is 2.14. The lowest BCUT2D eigenvalue weighted by Crippen LogP contribution is -2.43. The van der Waals surface area contributed by atoms with Crippen LogP contribution in [-0.4, -0.2) is 38.6 Å². The van der Waals surface area contributed by atoms with Crippen LogP contribution in [0.3, 0.4) is 0 Å². The summed E-state index contributed by atoms with van der Waals surface area (Å²) in [7, 11) is 1.55. The number of nitrogens with one attached hydrogen (secondary N) is 2. The Kier molecular flexibility index (Phi) is 4.55. The van der Waals surface area contributed by atoms with Gasteiger partial charge in [-0.15, -0.1) is 11.3 Å². The average molecular weight is 282 g/mol. The minimum atomic E-state index is -0.598. The smallest absolute Gasteiger partial charge is 0.309 e. The number of thiophene rings is 1. The second-order valence-electron chi connectivity index (χ2n) is 4.69. The highest BCUT2D eigenvalue weighted by Crippen LogP contribution is 2.49. The minimum Gasteiger partial charge on any atom is -0.383 e. The van der Waals surface area contributed by atoms with Crippen LogP contribution in [0.15, 0.2) is 17.5 Å². The van der Waals surface area contributed by atoms with E-state index in [1.54, 1.807) is 18.4 Å². The molecule has 1 aliphatic carbocycles. The molecule has 0 unspecified atom stereocenters. The van der Waals surface area contributed by atoms with Crippen molar-refractivity contribution in [1.29, 1.82) is 0 Å². The van der Waals surface area contributed by atoms with Gasteiger partial charge < -0.3 is 15.4 Å². The average Bonchev–Trinajstić information content (AvgIpc) is 2.99. The van der Waals surface area contributed by atoms with Gasteiger partial charge in [0.1, 0.15) is 0 Å². The molecule has 0 aromatic carbocycles. The molecule has 2 rings (SSSR count). The Morgan fingerprint density at radius 1 is 1.37 bits per heavy atom. The minimum absolute atomic E-state index is 0.0661. The molecule has 6 heteroatoms. The third-order valence-electron chi connectivity index (χ3n) is 3.28. The van der Waals surface area contributed by atoms with Crippen LogP contribution >= 0.6 is 11.3 Å². The van der Waals surface area contributed by atoms with Gasteiger partial charge in [-0.1, -0.05) is 6.07 Å². The molecule has 1 aromatic heterocycles. The number of amides is 2. The summed E-state index contributed by atoms with van der Waals surface area (Å²) in [5.41, 5.74) is 0.0661. The highest BCUT2D eigenvalue weighted by Gasteiger charge is 2.45. The van der Waals surface area contributed by atoms with Crippen molar-refractivity contribution < 1.29 is 14.3 Å². The zero-order valence-corrected chi connectivity index (χ0v) is 11.7. The molecule has 1 aliphatic rings. The molecule has 0 bridgehead atoms. The molecule has 1 aromatic rings. The number of rotatable bonds is 6. The van der Waals surface area contributed by atoms with E-state index in [-0.39, 0.29) is 5.41 Å². The molecule has 104 valence electrons. The zero-order valence-electron chi connectivity index (χ0n) is 10.9. The van der Waals surface area contributed by atoms with Crippen LogP contribution in [0.2, 0.25) is 0 Å². The lowest BCUT2D eigenvalue weighted by atomic mass is 10.1. The Labute approximate surface area is 116 Å². The second kappa shape index (κ2) is 6.16. The normalized spacial score (nSPS) is 15.8. The highest BCUT2D eigenvalue weighted by molar-refractivity contribution is 7.10. The zero-order chi connectivity index (χ0) is 13.7. The standard InChI is InChI=1S/C13H18N2O3S/c1-18-7-6-14-11(16)12(17)15-9-13(4-5-13)10-3-2-8-19-10/h2-3,8H,4-7,9H2,1H3,(H,14,16)(H,15,17). The molecule has 0 spiro atoms. The molecular weight excluding hydrogens is 264 g/mol. The molecule has 2 amide bonds. The van der Waals surface area contributed by atoms with Crippen molar-refractivity contribution in [3.8, 4) is 0 Å². The maximum absolute atomic E-state index is 11.6. The maximum Gasteiger partial charge on any atom is 0.309 e. The van der Waals surface area contributed by atoms with Gasteiger partial charge in [-0.2, -0.15) is 0 Å². The van der Waals surface area contributed by atoms with Crippen molar-refractivity contribution in [2.45, 2.75) is 18.3 Å². The van der Waals surface area contributed by atoms with E-state index in [0.717, 1.165) is 12.8 Å². The lowest BCUT2D eigenvalue weighted by Gasteiger charge is -2.14. The van der Waals surface area contributed by atoms with Gasteiger partial charge in [-0.25, -0.2) is 0 Å². The molecule has 2 N–H and O–H groups in total. The lowest BCUT2D eigenvalue weighted by molar-refractivity contribution is -0.139. The third-order valence-corrected chi connectivity index (χ3v) is 4.40. The SMILES string of the molecule is COCCNC(=O)C(=O)NCC1(c2cccs2)CC1. The van der Waals surface area contributed by atoms with Crippen LogP contribution < -0.4 is 10.6 Å². The predicted molar refractivity (Wildman–Crippen MR) is 73.1 cm³/mol. The summed E-state index contributed by atoms with van der Waals surface area (Å²) in [4.78, 5) is 24.4. The van der Waals surface area contributed by atoms with Crippen molar-refractivity contribution in [3.05, 3.63) is 22.4 Å². The molecule has 0 atom stereocenters. The fourth-order valence-corrected chi connectivity index (χ4v) is 2.91. The second-order valence-corrected chi connectivity index (χ2v) is 5.64. The summed E-state index contributed by atoms with van der Waals surface area (Å²) >= 11 is 1.70. The number of hydrogen-bond donors (Lipinski definition) is 2. The van der Waals surface area contributed by atoms with Gasteiger partial charge >= 0.3 is 11.8 Å². The van der Waals surface area contributed by atoms with Gasteiger partial charge in [0.25, 0.3) is 0 Å². The van der Waals surface area contributed by atoms with E-state index >= 15 is 0 Å². The number of carbonyl (C=O) groups is 2. The monoisotopic (exact) mass is 282 g/mol. The Balaban J connectivity index is 1.76. The molecule has 5 nitrogen and oxygen atoms in total. The van der Waals surface area contributed by atoms with Crippen LogP contribution in [0.5, 0.6) is 0 Å². The van der Waals surface area contributed by atoms with E-state index in [0.29, 0.717) is 19.7 Å². The van der Waals surface area contributed by atoms with Gasteiger partial charge in [0.15, 0.2) is 0 Å². The largest absolute Gasteiger partial charge is 0.383 e. The van der Waals surface area contributed by atoms with Gasteiger partial charge in [0.2, 0.25) is 0 Å². The third kappa shape index (κ3) is 3.54. The summed E-state index contributed by atoms with van der Waals surface area (Å²) in [6, 6.07) is 4.10. The number of hydrogen-bond acceptors (Lipinski definition) is 4. The Bertz CT molecular complexity index is 441. The number of methoxy groups -OCH3 is 1. The Morgan fingerprint density at radius 3 is 2.68 bits per heavy atom. The van der Waals surface area contributed by atoms with Crippen LogP contribution in [0.25, 0.3) is 0 Å². The number of ether oxygens (including phenoxy) is 1. The van der Waals surface area contributed by atoms with Crippen molar-refractivity contribution in [3.63, 3.8) is 0 Å². The van der Waals surface area contributed by atoms with Gasteiger partial charge in [-0.05, 0) is 24.3 Å². The Hall–Kier alpha value is -1.40. The molecule has 0 saturated heterocycles. The van der Waals surface area contributed by atoms with E-state index in [4.69, 9.17) is 4.74 Å². The van der Waals surface area contributed by atoms with Gasteiger partial charge in [0, 0.05) is 30.5 Å². The van der Waals surface area contributed by atoms with Crippen molar-refractivity contribution in [2.24, 2.45) is 0 Å². The molecule has 0 radical (unpaired) electrons. The maximum atomic E-state index is 11.6.